The van der Waals surface area contributed by atoms with Crippen LogP contribution in [0.4, 0.5) is 5.69 Å². The second-order valence-electron chi connectivity index (χ2n) is 8.49. The Morgan fingerprint density at radius 3 is 2.40 bits per heavy atom. The van der Waals surface area contributed by atoms with Crippen LogP contribution in [0.1, 0.15) is 31.6 Å². The van der Waals surface area contributed by atoms with E-state index in [1.54, 1.807) is 18.9 Å². The van der Waals surface area contributed by atoms with Crippen LogP contribution in [-0.2, 0) is 14.3 Å². The zero-order chi connectivity index (χ0) is 24.9. The van der Waals surface area contributed by atoms with E-state index >= 15 is 0 Å². The molecular formula is C28H32N2O4S. The van der Waals surface area contributed by atoms with Crippen molar-refractivity contribution in [2.45, 2.75) is 37.0 Å². The summed E-state index contributed by atoms with van der Waals surface area (Å²) in [6.45, 7) is 8.64. The Hall–Kier alpha value is -3.03. The molecule has 1 amide bonds. The van der Waals surface area contributed by atoms with Crippen LogP contribution in [0.3, 0.4) is 0 Å². The van der Waals surface area contributed by atoms with Crippen molar-refractivity contribution < 1.29 is 19.1 Å². The second kappa shape index (κ2) is 11.1. The molecule has 4 rings (SSSR count). The Kier molecular flexibility index (Phi) is 7.98. The van der Waals surface area contributed by atoms with Crippen molar-refractivity contribution in [3.8, 4) is 5.75 Å². The third-order valence-corrected chi connectivity index (χ3v) is 7.89. The van der Waals surface area contributed by atoms with Crippen molar-refractivity contribution in [2.75, 3.05) is 38.2 Å². The third-order valence-electron chi connectivity index (χ3n) is 6.45. The van der Waals surface area contributed by atoms with Crippen LogP contribution in [0, 0.1) is 0 Å². The number of nitrogens with zero attached hydrogens (tertiary/aromatic N) is 2. The van der Waals surface area contributed by atoms with Crippen LogP contribution in [0.5, 0.6) is 5.75 Å². The van der Waals surface area contributed by atoms with Crippen molar-refractivity contribution in [1.82, 2.24) is 4.90 Å². The molecule has 1 heterocycles. The van der Waals surface area contributed by atoms with Crippen LogP contribution in [0.15, 0.2) is 65.6 Å². The molecule has 1 aliphatic heterocycles. The maximum Gasteiger partial charge on any atom is 0.303 e. The number of ether oxygens (including phenoxy) is 2. The maximum absolute atomic E-state index is 14.1. The Labute approximate surface area is 211 Å². The minimum Gasteiger partial charge on any atom is -0.497 e. The van der Waals surface area contributed by atoms with E-state index in [0.29, 0.717) is 6.54 Å². The van der Waals surface area contributed by atoms with E-state index in [9.17, 15) is 9.59 Å². The fraction of sp³-hybridized carbons (Fsp3) is 0.357. The van der Waals surface area contributed by atoms with Crippen molar-refractivity contribution in [3.63, 3.8) is 0 Å². The van der Waals surface area contributed by atoms with E-state index in [4.69, 9.17) is 9.47 Å². The number of likely N-dealkylation sites (N-methyl/N-ethyl adjacent to an activating group) is 1. The topological polar surface area (TPSA) is 59.1 Å². The molecule has 0 unspecified atom stereocenters. The lowest BCUT2D eigenvalue weighted by Crippen LogP contribution is -2.45. The molecule has 0 fully saturated rings. The minimum absolute atomic E-state index is 0.199. The van der Waals surface area contributed by atoms with Gasteiger partial charge in [-0.1, -0.05) is 56.3 Å². The number of carbonyl (C=O) groups excluding carboxylic acids is 2. The van der Waals surface area contributed by atoms with Crippen molar-refractivity contribution >= 4 is 40.1 Å². The van der Waals surface area contributed by atoms with Gasteiger partial charge in [-0.05, 0) is 47.6 Å². The predicted octanol–water partition coefficient (Wildman–Crippen LogP) is 5.30. The molecule has 0 aromatic heterocycles. The smallest absolute Gasteiger partial charge is 0.303 e. The summed E-state index contributed by atoms with van der Waals surface area (Å²) in [6.07, 6.45) is -0.950. The van der Waals surface area contributed by atoms with Gasteiger partial charge in [-0.15, -0.1) is 11.8 Å². The average Bonchev–Trinajstić information content (AvgIpc) is 2.99. The number of amides is 1. The standard InChI is InChI=1S/C28H32N2O4S/c1-5-29(6-2)17-18-30-24-16-13-20-9-7-8-10-23(20)27(24)35-26(25(28(30)32)34-19(3)31)21-11-14-22(33-4)15-12-21/h7-16,25-26H,5-6,17-18H2,1-4H3/t25-,26-/m1/s1. The summed E-state index contributed by atoms with van der Waals surface area (Å²) in [6, 6.07) is 19.9. The number of rotatable bonds is 8. The van der Waals surface area contributed by atoms with Crippen molar-refractivity contribution in [3.05, 3.63) is 66.2 Å². The molecule has 0 spiro atoms. The average molecular weight is 493 g/mol. The molecule has 0 radical (unpaired) electrons. The van der Waals surface area contributed by atoms with Gasteiger partial charge in [0.15, 0.2) is 6.10 Å². The van der Waals surface area contributed by atoms with Crippen molar-refractivity contribution in [2.24, 2.45) is 0 Å². The fourth-order valence-electron chi connectivity index (χ4n) is 4.50. The first-order chi connectivity index (χ1) is 17.0. The maximum atomic E-state index is 14.1. The lowest BCUT2D eigenvalue weighted by Gasteiger charge is -2.29. The molecule has 2 atom stereocenters. The van der Waals surface area contributed by atoms with Crippen molar-refractivity contribution in [1.29, 1.82) is 0 Å². The molecule has 35 heavy (non-hydrogen) atoms. The molecule has 0 saturated heterocycles. The number of fused-ring (bicyclic) bond motifs is 3. The monoisotopic (exact) mass is 492 g/mol. The Morgan fingerprint density at radius 1 is 1.03 bits per heavy atom. The molecule has 0 N–H and O–H groups in total. The Balaban J connectivity index is 1.86. The number of anilines is 1. The summed E-state index contributed by atoms with van der Waals surface area (Å²) in [5.74, 6) is 0.0612. The number of esters is 1. The van der Waals surface area contributed by atoms with E-state index < -0.39 is 17.3 Å². The van der Waals surface area contributed by atoms with Crippen LogP contribution in [0.2, 0.25) is 0 Å². The van der Waals surface area contributed by atoms with E-state index in [1.807, 2.05) is 47.4 Å². The van der Waals surface area contributed by atoms with Gasteiger partial charge in [-0.3, -0.25) is 9.59 Å². The SMILES string of the molecule is CCN(CC)CCN1C(=O)[C@H](OC(C)=O)[C@@H](c2ccc(OC)cc2)Sc2c1ccc1ccccc21. The molecule has 1 aliphatic rings. The van der Waals surface area contributed by atoms with Gasteiger partial charge in [0.1, 0.15) is 5.75 Å². The number of thioether (sulfide) groups is 1. The first-order valence-electron chi connectivity index (χ1n) is 12.0. The highest BCUT2D eigenvalue weighted by Crippen LogP contribution is 2.49. The van der Waals surface area contributed by atoms with E-state index in [2.05, 4.69) is 36.9 Å². The van der Waals surface area contributed by atoms with Gasteiger partial charge in [-0.2, -0.15) is 0 Å². The van der Waals surface area contributed by atoms with Crippen LogP contribution < -0.4 is 9.64 Å². The van der Waals surface area contributed by atoms with Crippen LogP contribution in [-0.4, -0.2) is 56.2 Å². The molecule has 0 bridgehead atoms. The summed E-state index contributed by atoms with van der Waals surface area (Å²) >= 11 is 1.58. The lowest BCUT2D eigenvalue weighted by atomic mass is 10.0. The molecule has 3 aromatic carbocycles. The van der Waals surface area contributed by atoms with Crippen LogP contribution in [0.25, 0.3) is 10.8 Å². The van der Waals surface area contributed by atoms with Gasteiger partial charge in [-0.25, -0.2) is 0 Å². The quantitative estimate of drug-likeness (QED) is 0.398. The molecule has 6 nitrogen and oxygen atoms in total. The van der Waals surface area contributed by atoms with Gasteiger partial charge >= 0.3 is 5.97 Å². The Bertz CT molecular complexity index is 1190. The second-order valence-corrected chi connectivity index (χ2v) is 9.65. The zero-order valence-electron chi connectivity index (χ0n) is 20.7. The highest BCUT2D eigenvalue weighted by atomic mass is 32.2. The number of hydrogen-bond donors (Lipinski definition) is 0. The molecule has 184 valence electrons. The first kappa shape index (κ1) is 25.1. The number of hydrogen-bond acceptors (Lipinski definition) is 6. The van der Waals surface area contributed by atoms with E-state index in [-0.39, 0.29) is 5.91 Å². The summed E-state index contributed by atoms with van der Waals surface area (Å²) in [4.78, 5) is 31.4. The van der Waals surface area contributed by atoms with Gasteiger partial charge in [0, 0.05) is 24.9 Å². The van der Waals surface area contributed by atoms with Gasteiger partial charge in [0.25, 0.3) is 5.91 Å². The summed E-state index contributed by atoms with van der Waals surface area (Å²) in [7, 11) is 1.62. The van der Waals surface area contributed by atoms with Gasteiger partial charge in [0.05, 0.1) is 18.0 Å². The normalized spacial score (nSPS) is 17.9. The van der Waals surface area contributed by atoms with E-state index in [0.717, 1.165) is 52.3 Å². The Morgan fingerprint density at radius 2 is 1.74 bits per heavy atom. The summed E-state index contributed by atoms with van der Waals surface area (Å²) in [5, 5.41) is 1.78. The third kappa shape index (κ3) is 5.31. The largest absolute Gasteiger partial charge is 0.497 e. The molecule has 7 heteroatoms. The minimum atomic E-state index is -0.950. The van der Waals surface area contributed by atoms with E-state index in [1.165, 1.54) is 6.92 Å². The number of benzene rings is 3. The highest BCUT2D eigenvalue weighted by molar-refractivity contribution is 8.00. The number of carbonyl (C=O) groups is 2. The molecule has 0 saturated carbocycles. The van der Waals surface area contributed by atoms with Gasteiger partial charge < -0.3 is 19.3 Å². The summed E-state index contributed by atoms with van der Waals surface area (Å²) in [5.41, 5.74) is 1.76. The fourth-order valence-corrected chi connectivity index (χ4v) is 5.95. The van der Waals surface area contributed by atoms with Crippen LogP contribution >= 0.6 is 11.8 Å². The van der Waals surface area contributed by atoms with Gasteiger partial charge in [0.2, 0.25) is 0 Å². The first-order valence-corrected chi connectivity index (χ1v) is 12.9. The zero-order valence-corrected chi connectivity index (χ0v) is 21.5. The molecule has 3 aromatic rings. The number of methoxy groups -OCH3 is 1. The highest BCUT2D eigenvalue weighted by Gasteiger charge is 2.41. The lowest BCUT2D eigenvalue weighted by molar-refractivity contribution is -0.152. The predicted molar refractivity (Wildman–Crippen MR) is 141 cm³/mol. The molecular weight excluding hydrogens is 460 g/mol. The molecule has 0 aliphatic carbocycles. The summed E-state index contributed by atoms with van der Waals surface area (Å²) < 4.78 is 11.1.